The van der Waals surface area contributed by atoms with Gasteiger partial charge < -0.3 is 29.6 Å². The monoisotopic (exact) mass is 425 g/mol. The van der Waals surface area contributed by atoms with Crippen LogP contribution in [0.4, 0.5) is 5.95 Å². The zero-order valence-corrected chi connectivity index (χ0v) is 17.2. The fourth-order valence-corrected chi connectivity index (χ4v) is 2.97. The minimum absolute atomic E-state index is 0.286. The Morgan fingerprint density at radius 2 is 1.68 bits per heavy atom. The normalized spacial score (nSPS) is 11.4. The zero-order valence-electron chi connectivity index (χ0n) is 17.2. The standard InChI is InChI=1S/C20H21N3O2.C2H2O4/c1-3-14-4-6-15(7-5-14)11-21-20-22-12-17(23(20)2)16-8-9-18-19(10-16)25-13-24-18;3-1(4)2(5)6/h4-10,12H,3,11,13H2,1-2H3,(H,21,22);(H,3,4)(H,5,6). The molecule has 2 heterocycles. The summed E-state index contributed by atoms with van der Waals surface area (Å²) >= 11 is 0. The Balaban J connectivity index is 0.000000401. The second kappa shape index (κ2) is 9.66. The van der Waals surface area contributed by atoms with E-state index in [2.05, 4.69) is 46.1 Å². The van der Waals surface area contributed by atoms with E-state index in [1.165, 1.54) is 11.1 Å². The van der Waals surface area contributed by atoms with Crippen LogP contribution in [-0.4, -0.2) is 38.5 Å². The van der Waals surface area contributed by atoms with Gasteiger partial charge in [-0.05, 0) is 35.7 Å². The number of fused-ring (bicyclic) bond motifs is 1. The van der Waals surface area contributed by atoms with Crippen molar-refractivity contribution < 1.29 is 29.3 Å². The second-order valence-corrected chi connectivity index (χ2v) is 6.73. The van der Waals surface area contributed by atoms with Crippen molar-refractivity contribution in [3.8, 4) is 22.8 Å². The summed E-state index contributed by atoms with van der Waals surface area (Å²) in [5, 5.41) is 18.2. The molecular weight excluding hydrogens is 402 g/mol. The van der Waals surface area contributed by atoms with Gasteiger partial charge in [-0.25, -0.2) is 14.6 Å². The number of nitrogens with zero attached hydrogens (tertiary/aromatic N) is 2. The molecule has 0 aliphatic carbocycles. The summed E-state index contributed by atoms with van der Waals surface area (Å²) in [6, 6.07) is 14.6. The Morgan fingerprint density at radius 1 is 1.03 bits per heavy atom. The molecule has 0 unspecified atom stereocenters. The molecule has 3 aromatic rings. The van der Waals surface area contributed by atoms with Gasteiger partial charge in [0.15, 0.2) is 11.5 Å². The number of hydrogen-bond donors (Lipinski definition) is 3. The van der Waals surface area contributed by atoms with Crippen LogP contribution in [0.2, 0.25) is 0 Å². The highest BCUT2D eigenvalue weighted by molar-refractivity contribution is 6.27. The number of hydrogen-bond acceptors (Lipinski definition) is 6. The quantitative estimate of drug-likeness (QED) is 0.533. The molecular formula is C22H23N3O6. The van der Waals surface area contributed by atoms with Crippen molar-refractivity contribution in [2.24, 2.45) is 7.05 Å². The van der Waals surface area contributed by atoms with Gasteiger partial charge in [0, 0.05) is 19.2 Å². The molecule has 3 N–H and O–H groups in total. The molecule has 4 rings (SSSR count). The summed E-state index contributed by atoms with van der Waals surface area (Å²) < 4.78 is 12.9. The van der Waals surface area contributed by atoms with Gasteiger partial charge in [-0.15, -0.1) is 0 Å². The Labute approximate surface area is 178 Å². The van der Waals surface area contributed by atoms with Gasteiger partial charge in [0.1, 0.15) is 0 Å². The average Bonchev–Trinajstić information content (AvgIpc) is 3.38. The predicted molar refractivity (Wildman–Crippen MR) is 113 cm³/mol. The van der Waals surface area contributed by atoms with Crippen molar-refractivity contribution in [3.63, 3.8) is 0 Å². The van der Waals surface area contributed by atoms with Gasteiger partial charge in [0.2, 0.25) is 12.7 Å². The Kier molecular flexibility index (Phi) is 6.76. The molecule has 162 valence electrons. The Hall–Kier alpha value is -4.01. The lowest BCUT2D eigenvalue weighted by Gasteiger charge is -2.09. The van der Waals surface area contributed by atoms with Crippen LogP contribution in [0.3, 0.4) is 0 Å². The van der Waals surface area contributed by atoms with E-state index in [9.17, 15) is 0 Å². The highest BCUT2D eigenvalue weighted by atomic mass is 16.7. The largest absolute Gasteiger partial charge is 0.473 e. The number of ether oxygens (including phenoxy) is 2. The molecule has 0 amide bonds. The smallest absolute Gasteiger partial charge is 0.414 e. The van der Waals surface area contributed by atoms with Crippen LogP contribution in [0, 0.1) is 0 Å². The molecule has 0 spiro atoms. The van der Waals surface area contributed by atoms with Crippen LogP contribution in [0.5, 0.6) is 11.5 Å². The second-order valence-electron chi connectivity index (χ2n) is 6.73. The van der Waals surface area contributed by atoms with Gasteiger partial charge in [-0.2, -0.15) is 0 Å². The first kappa shape index (κ1) is 21.7. The summed E-state index contributed by atoms with van der Waals surface area (Å²) in [4.78, 5) is 22.7. The number of benzene rings is 2. The summed E-state index contributed by atoms with van der Waals surface area (Å²) in [5.41, 5.74) is 4.68. The summed E-state index contributed by atoms with van der Waals surface area (Å²) in [6.45, 7) is 3.20. The van der Waals surface area contributed by atoms with E-state index in [0.29, 0.717) is 0 Å². The van der Waals surface area contributed by atoms with Gasteiger partial charge in [0.05, 0.1) is 11.9 Å². The average molecular weight is 425 g/mol. The van der Waals surface area contributed by atoms with E-state index in [4.69, 9.17) is 29.3 Å². The van der Waals surface area contributed by atoms with Crippen LogP contribution >= 0.6 is 0 Å². The number of aliphatic carboxylic acids is 2. The van der Waals surface area contributed by atoms with Gasteiger partial charge in [-0.1, -0.05) is 31.2 Å². The molecule has 1 aliphatic rings. The van der Waals surface area contributed by atoms with E-state index in [1.54, 1.807) is 0 Å². The molecule has 0 bridgehead atoms. The first-order valence-corrected chi connectivity index (χ1v) is 9.58. The third-order valence-electron chi connectivity index (χ3n) is 4.72. The summed E-state index contributed by atoms with van der Waals surface area (Å²) in [5.74, 6) is -1.23. The first-order valence-electron chi connectivity index (χ1n) is 9.58. The molecule has 31 heavy (non-hydrogen) atoms. The maximum atomic E-state index is 9.10. The van der Waals surface area contributed by atoms with Gasteiger partial charge in [0.25, 0.3) is 0 Å². The fraction of sp³-hybridized carbons (Fsp3) is 0.227. The van der Waals surface area contributed by atoms with Crippen molar-refractivity contribution >= 4 is 17.9 Å². The van der Waals surface area contributed by atoms with Gasteiger partial charge in [-0.3, -0.25) is 0 Å². The van der Waals surface area contributed by atoms with Crippen LogP contribution in [0.1, 0.15) is 18.1 Å². The van der Waals surface area contributed by atoms with Crippen LogP contribution in [0.25, 0.3) is 11.3 Å². The summed E-state index contributed by atoms with van der Waals surface area (Å²) in [7, 11) is 2.01. The van der Waals surface area contributed by atoms with Crippen LogP contribution in [-0.2, 0) is 29.6 Å². The van der Waals surface area contributed by atoms with E-state index < -0.39 is 11.9 Å². The number of carboxylic acid groups (broad SMARTS) is 2. The van der Waals surface area contributed by atoms with E-state index in [0.717, 1.165) is 41.7 Å². The minimum atomic E-state index is -1.82. The predicted octanol–water partition coefficient (Wildman–Crippen LogP) is 3.15. The molecule has 0 saturated heterocycles. The number of carboxylic acids is 2. The molecule has 0 saturated carbocycles. The lowest BCUT2D eigenvalue weighted by molar-refractivity contribution is -0.159. The maximum Gasteiger partial charge on any atom is 0.414 e. The first-order chi connectivity index (χ1) is 14.9. The fourth-order valence-electron chi connectivity index (χ4n) is 2.97. The SMILES string of the molecule is CCc1ccc(CNc2ncc(-c3ccc4c(c3)OCO4)n2C)cc1.O=C(O)C(=O)O. The van der Waals surface area contributed by atoms with Crippen LogP contribution < -0.4 is 14.8 Å². The highest BCUT2D eigenvalue weighted by Crippen LogP contribution is 2.36. The van der Waals surface area contributed by atoms with E-state index >= 15 is 0 Å². The summed E-state index contributed by atoms with van der Waals surface area (Å²) in [6.07, 6.45) is 2.94. The molecule has 2 aromatic carbocycles. The van der Waals surface area contributed by atoms with Crippen molar-refractivity contribution in [3.05, 3.63) is 59.8 Å². The third-order valence-corrected chi connectivity index (χ3v) is 4.72. The lowest BCUT2D eigenvalue weighted by Crippen LogP contribution is -2.09. The molecule has 1 aliphatic heterocycles. The minimum Gasteiger partial charge on any atom is -0.473 e. The highest BCUT2D eigenvalue weighted by Gasteiger charge is 2.16. The lowest BCUT2D eigenvalue weighted by atomic mass is 10.1. The number of anilines is 1. The van der Waals surface area contributed by atoms with E-state index in [1.807, 2.05) is 31.4 Å². The molecule has 0 radical (unpaired) electrons. The third kappa shape index (κ3) is 5.33. The molecule has 9 heteroatoms. The van der Waals surface area contributed by atoms with E-state index in [-0.39, 0.29) is 6.79 Å². The number of rotatable bonds is 5. The number of carbonyl (C=O) groups is 2. The topological polar surface area (TPSA) is 123 Å². The number of nitrogens with one attached hydrogen (secondary N) is 1. The maximum absolute atomic E-state index is 9.10. The van der Waals surface area contributed by atoms with Crippen LogP contribution in [0.15, 0.2) is 48.7 Å². The number of imidazole rings is 1. The Morgan fingerprint density at radius 3 is 2.32 bits per heavy atom. The molecule has 0 fully saturated rings. The number of aryl methyl sites for hydroxylation is 1. The van der Waals surface area contributed by atoms with Crippen molar-refractivity contribution in [1.82, 2.24) is 9.55 Å². The van der Waals surface area contributed by atoms with Crippen molar-refractivity contribution in [1.29, 1.82) is 0 Å². The van der Waals surface area contributed by atoms with Crippen molar-refractivity contribution in [2.75, 3.05) is 12.1 Å². The molecule has 0 atom stereocenters. The molecule has 9 nitrogen and oxygen atoms in total. The van der Waals surface area contributed by atoms with Gasteiger partial charge >= 0.3 is 11.9 Å². The number of aromatic nitrogens is 2. The zero-order chi connectivity index (χ0) is 22.4. The van der Waals surface area contributed by atoms with Crippen molar-refractivity contribution in [2.45, 2.75) is 19.9 Å². The Bertz CT molecular complexity index is 1060. The molecule has 1 aromatic heterocycles.